The maximum absolute atomic E-state index is 14.0. The minimum atomic E-state index is -1.11. The Labute approximate surface area is 106 Å². The molecule has 0 fully saturated rings. The molecule has 2 rings (SSSR count). The van der Waals surface area contributed by atoms with Crippen LogP contribution in [0.1, 0.15) is 13.3 Å². The van der Waals surface area contributed by atoms with Gasteiger partial charge in [0, 0.05) is 6.54 Å². The summed E-state index contributed by atoms with van der Waals surface area (Å²) in [5, 5.41) is 18.0. The van der Waals surface area contributed by atoms with E-state index in [4.69, 9.17) is 0 Å². The van der Waals surface area contributed by atoms with Gasteiger partial charge in [-0.05, 0) is 12.5 Å². The van der Waals surface area contributed by atoms with Gasteiger partial charge in [0.2, 0.25) is 5.82 Å². The van der Waals surface area contributed by atoms with Crippen molar-refractivity contribution in [3.05, 3.63) is 40.2 Å². The van der Waals surface area contributed by atoms with Gasteiger partial charge in [0.05, 0.1) is 16.6 Å². The minimum Gasteiger partial charge on any atom is -0.314 e. The topological polar surface area (TPSA) is 73.8 Å². The molecule has 0 atom stereocenters. The highest BCUT2D eigenvalue weighted by atomic mass is 19.1. The SMILES string of the molecule is CCCn1cnnc1-c1cc(F)cc([N+](=O)[O-])c1F. The van der Waals surface area contributed by atoms with E-state index >= 15 is 0 Å². The zero-order valence-electron chi connectivity index (χ0n) is 10.0. The molecular formula is C11H10F2N4O2. The molecule has 0 saturated carbocycles. The molecule has 0 spiro atoms. The Kier molecular flexibility index (Phi) is 3.50. The third-order valence-corrected chi connectivity index (χ3v) is 2.54. The van der Waals surface area contributed by atoms with Gasteiger partial charge < -0.3 is 4.57 Å². The van der Waals surface area contributed by atoms with Gasteiger partial charge in [-0.1, -0.05) is 6.92 Å². The van der Waals surface area contributed by atoms with Crippen LogP contribution in [0, 0.1) is 21.7 Å². The molecule has 0 N–H and O–H groups in total. The number of hydrogen-bond acceptors (Lipinski definition) is 4. The molecule has 0 saturated heterocycles. The van der Waals surface area contributed by atoms with Crippen LogP contribution in [-0.4, -0.2) is 19.7 Å². The van der Waals surface area contributed by atoms with Crippen molar-refractivity contribution in [2.75, 3.05) is 0 Å². The summed E-state index contributed by atoms with van der Waals surface area (Å²) in [6.07, 6.45) is 2.11. The van der Waals surface area contributed by atoms with E-state index in [0.717, 1.165) is 12.5 Å². The minimum absolute atomic E-state index is 0.0713. The number of rotatable bonds is 4. The van der Waals surface area contributed by atoms with Crippen molar-refractivity contribution in [2.24, 2.45) is 0 Å². The largest absolute Gasteiger partial charge is 0.314 e. The van der Waals surface area contributed by atoms with Crippen molar-refractivity contribution in [1.82, 2.24) is 14.8 Å². The summed E-state index contributed by atoms with van der Waals surface area (Å²) in [6, 6.07) is 1.41. The molecule has 0 aliphatic carbocycles. The average Bonchev–Trinajstić information content (AvgIpc) is 2.80. The van der Waals surface area contributed by atoms with Crippen LogP contribution in [0.2, 0.25) is 0 Å². The summed E-state index contributed by atoms with van der Waals surface area (Å²) in [7, 11) is 0. The van der Waals surface area contributed by atoms with Gasteiger partial charge >= 0.3 is 5.69 Å². The fourth-order valence-corrected chi connectivity index (χ4v) is 1.74. The molecule has 19 heavy (non-hydrogen) atoms. The summed E-state index contributed by atoms with van der Waals surface area (Å²) in [4.78, 5) is 9.69. The highest BCUT2D eigenvalue weighted by molar-refractivity contribution is 5.61. The van der Waals surface area contributed by atoms with Gasteiger partial charge in [-0.3, -0.25) is 10.1 Å². The molecule has 0 aliphatic rings. The lowest BCUT2D eigenvalue weighted by atomic mass is 10.1. The van der Waals surface area contributed by atoms with Gasteiger partial charge in [-0.2, -0.15) is 4.39 Å². The van der Waals surface area contributed by atoms with Gasteiger partial charge in [0.15, 0.2) is 5.82 Å². The third-order valence-electron chi connectivity index (χ3n) is 2.54. The van der Waals surface area contributed by atoms with E-state index in [2.05, 4.69) is 10.2 Å². The van der Waals surface area contributed by atoms with Crippen LogP contribution in [0.4, 0.5) is 14.5 Å². The number of aromatic nitrogens is 3. The molecule has 2 aromatic rings. The maximum atomic E-state index is 14.0. The van der Waals surface area contributed by atoms with Gasteiger partial charge in [-0.15, -0.1) is 10.2 Å². The Bertz CT molecular complexity index is 627. The second-order valence-corrected chi connectivity index (χ2v) is 3.89. The first-order valence-corrected chi connectivity index (χ1v) is 5.56. The van der Waals surface area contributed by atoms with Crippen molar-refractivity contribution in [3.8, 4) is 11.4 Å². The standard InChI is InChI=1S/C11H10F2N4O2/c1-2-3-16-6-14-15-11(16)8-4-7(12)5-9(10(8)13)17(18)19/h4-6H,2-3H2,1H3. The molecule has 0 radical (unpaired) electrons. The number of halogens is 2. The molecule has 6 nitrogen and oxygen atoms in total. The Morgan fingerprint density at radius 2 is 2.16 bits per heavy atom. The third kappa shape index (κ3) is 2.42. The van der Waals surface area contributed by atoms with E-state index in [9.17, 15) is 18.9 Å². The van der Waals surface area contributed by atoms with Crippen LogP contribution in [0.25, 0.3) is 11.4 Å². The Morgan fingerprint density at radius 1 is 1.42 bits per heavy atom. The van der Waals surface area contributed by atoms with E-state index in [-0.39, 0.29) is 11.4 Å². The molecule has 0 aliphatic heterocycles. The molecule has 8 heteroatoms. The molecule has 100 valence electrons. The van der Waals surface area contributed by atoms with Gasteiger partial charge in [0.25, 0.3) is 0 Å². The van der Waals surface area contributed by atoms with Crippen LogP contribution in [-0.2, 0) is 6.54 Å². The summed E-state index contributed by atoms with van der Waals surface area (Å²) < 4.78 is 28.9. The van der Waals surface area contributed by atoms with Crippen molar-refractivity contribution in [1.29, 1.82) is 0 Å². The van der Waals surface area contributed by atoms with E-state index in [0.29, 0.717) is 12.6 Å². The molecule has 1 aromatic heterocycles. The van der Waals surface area contributed by atoms with Crippen molar-refractivity contribution in [2.45, 2.75) is 19.9 Å². The number of benzene rings is 1. The fourth-order valence-electron chi connectivity index (χ4n) is 1.74. The molecule has 0 bridgehead atoms. The normalized spacial score (nSPS) is 10.7. The lowest BCUT2D eigenvalue weighted by molar-refractivity contribution is -0.387. The zero-order chi connectivity index (χ0) is 14.0. The quantitative estimate of drug-likeness (QED) is 0.630. The zero-order valence-corrected chi connectivity index (χ0v) is 10.0. The van der Waals surface area contributed by atoms with Crippen molar-refractivity contribution in [3.63, 3.8) is 0 Å². The molecule has 0 amide bonds. The molecular weight excluding hydrogens is 258 g/mol. The average molecular weight is 268 g/mol. The Hall–Kier alpha value is -2.38. The highest BCUT2D eigenvalue weighted by Crippen LogP contribution is 2.29. The maximum Gasteiger partial charge on any atom is 0.308 e. The summed E-state index contributed by atoms with van der Waals surface area (Å²) in [5.41, 5.74) is -1.18. The number of nitrogens with zero attached hydrogens (tertiary/aromatic N) is 4. The Morgan fingerprint density at radius 3 is 2.79 bits per heavy atom. The second-order valence-electron chi connectivity index (χ2n) is 3.89. The van der Waals surface area contributed by atoms with Crippen LogP contribution in [0.3, 0.4) is 0 Å². The van der Waals surface area contributed by atoms with Crippen LogP contribution < -0.4 is 0 Å². The lowest BCUT2D eigenvalue weighted by Gasteiger charge is -2.06. The number of nitro benzene ring substituents is 1. The fraction of sp³-hybridized carbons (Fsp3) is 0.273. The van der Waals surface area contributed by atoms with E-state index in [1.165, 1.54) is 10.9 Å². The van der Waals surface area contributed by atoms with Crippen molar-refractivity contribution < 1.29 is 13.7 Å². The van der Waals surface area contributed by atoms with Crippen LogP contribution in [0.5, 0.6) is 0 Å². The first-order chi connectivity index (χ1) is 9.04. The number of aryl methyl sites for hydroxylation is 1. The molecule has 1 aromatic carbocycles. The predicted molar refractivity (Wildman–Crippen MR) is 62.3 cm³/mol. The van der Waals surface area contributed by atoms with Crippen LogP contribution in [0.15, 0.2) is 18.5 Å². The highest BCUT2D eigenvalue weighted by Gasteiger charge is 2.23. The molecule has 1 heterocycles. The molecule has 0 unspecified atom stereocenters. The van der Waals surface area contributed by atoms with Gasteiger partial charge in [-0.25, -0.2) is 4.39 Å². The van der Waals surface area contributed by atoms with Crippen LogP contribution >= 0.6 is 0 Å². The smallest absolute Gasteiger partial charge is 0.308 e. The van der Waals surface area contributed by atoms with E-state index < -0.39 is 22.2 Å². The monoisotopic (exact) mass is 268 g/mol. The predicted octanol–water partition coefficient (Wildman–Crippen LogP) is 2.54. The van der Waals surface area contributed by atoms with E-state index in [1.54, 1.807) is 0 Å². The lowest BCUT2D eigenvalue weighted by Crippen LogP contribution is -2.02. The number of nitro groups is 1. The summed E-state index contributed by atoms with van der Waals surface area (Å²) in [5.74, 6) is -1.94. The Balaban J connectivity index is 2.61. The number of hydrogen-bond donors (Lipinski definition) is 0. The van der Waals surface area contributed by atoms with Gasteiger partial charge in [0.1, 0.15) is 12.1 Å². The first kappa shape index (κ1) is 13.1. The first-order valence-electron chi connectivity index (χ1n) is 5.56. The summed E-state index contributed by atoms with van der Waals surface area (Å²) in [6.45, 7) is 2.40. The van der Waals surface area contributed by atoms with E-state index in [1.807, 2.05) is 6.92 Å². The van der Waals surface area contributed by atoms with Crippen molar-refractivity contribution >= 4 is 5.69 Å². The second kappa shape index (κ2) is 5.09. The summed E-state index contributed by atoms with van der Waals surface area (Å²) >= 11 is 0.